The molecule has 0 aromatic rings. The van der Waals surface area contributed by atoms with E-state index in [2.05, 4.69) is 22.0 Å². The number of nitrogens with zero attached hydrogens (tertiary/aromatic N) is 1. The first kappa shape index (κ1) is 8.85. The zero-order valence-corrected chi connectivity index (χ0v) is 8.41. The van der Waals surface area contributed by atoms with Crippen LogP contribution in [-0.2, 0) is 0 Å². The van der Waals surface area contributed by atoms with Crippen molar-refractivity contribution in [3.8, 4) is 0 Å². The maximum absolute atomic E-state index is 3.46. The lowest BCUT2D eigenvalue weighted by molar-refractivity contribution is 0.220. The molecular weight excluding hydrogens is 168 g/mol. The Morgan fingerprint density at radius 1 is 1.33 bits per heavy atom. The van der Waals surface area contributed by atoms with Crippen LogP contribution < -0.4 is 5.32 Å². The van der Waals surface area contributed by atoms with Gasteiger partial charge in [-0.05, 0) is 31.7 Å². The van der Waals surface area contributed by atoms with Crippen LogP contribution in [0.2, 0.25) is 0 Å². The highest BCUT2D eigenvalue weighted by Gasteiger charge is 2.20. The van der Waals surface area contributed by atoms with Gasteiger partial charge in [0.15, 0.2) is 0 Å². The van der Waals surface area contributed by atoms with E-state index in [1.165, 1.54) is 50.5 Å². The fraction of sp³-hybridized carbons (Fsp3) is 1.00. The van der Waals surface area contributed by atoms with Crippen molar-refractivity contribution in [2.45, 2.75) is 18.9 Å². The van der Waals surface area contributed by atoms with Crippen molar-refractivity contribution in [3.63, 3.8) is 0 Å². The van der Waals surface area contributed by atoms with Crippen molar-refractivity contribution >= 4 is 11.8 Å². The van der Waals surface area contributed by atoms with E-state index in [9.17, 15) is 0 Å². The molecule has 3 heteroatoms. The molecular formula is C9H18N2S. The summed E-state index contributed by atoms with van der Waals surface area (Å²) in [6.45, 7) is 5.17. The van der Waals surface area contributed by atoms with Crippen LogP contribution in [-0.4, -0.2) is 48.6 Å². The van der Waals surface area contributed by atoms with Gasteiger partial charge in [0.05, 0.1) is 0 Å². The monoisotopic (exact) mass is 186 g/mol. The lowest BCUT2D eigenvalue weighted by Gasteiger charge is -2.32. The Morgan fingerprint density at radius 3 is 3.00 bits per heavy atom. The molecule has 2 heterocycles. The summed E-state index contributed by atoms with van der Waals surface area (Å²) in [6.07, 6.45) is 2.78. The van der Waals surface area contributed by atoms with Gasteiger partial charge in [0.2, 0.25) is 0 Å². The fourth-order valence-electron chi connectivity index (χ4n) is 1.80. The standard InChI is InChI=1S/C9H18N2S/c1-4-11(5-7-12-6-1)8-9-2-3-10-9/h9-10H,1-8H2. The first-order valence-corrected chi connectivity index (χ1v) is 6.14. The van der Waals surface area contributed by atoms with E-state index < -0.39 is 0 Å². The zero-order chi connectivity index (χ0) is 8.23. The molecule has 0 radical (unpaired) electrons. The molecule has 2 saturated heterocycles. The van der Waals surface area contributed by atoms with E-state index in [1.807, 2.05) is 0 Å². The molecule has 1 N–H and O–H groups in total. The van der Waals surface area contributed by atoms with E-state index in [1.54, 1.807) is 0 Å². The molecule has 0 bridgehead atoms. The largest absolute Gasteiger partial charge is 0.313 e. The van der Waals surface area contributed by atoms with E-state index in [0.29, 0.717) is 0 Å². The third-order valence-electron chi connectivity index (χ3n) is 2.72. The number of thioether (sulfide) groups is 1. The average Bonchev–Trinajstić information content (AvgIpc) is 2.24. The molecule has 0 aliphatic carbocycles. The second kappa shape index (κ2) is 4.49. The third kappa shape index (κ3) is 2.38. The zero-order valence-electron chi connectivity index (χ0n) is 7.59. The molecule has 0 saturated carbocycles. The smallest absolute Gasteiger partial charge is 0.0207 e. The van der Waals surface area contributed by atoms with Crippen molar-refractivity contribution in [1.29, 1.82) is 0 Å². The third-order valence-corrected chi connectivity index (χ3v) is 3.77. The Morgan fingerprint density at radius 2 is 2.25 bits per heavy atom. The first-order chi connectivity index (χ1) is 5.95. The molecule has 1 unspecified atom stereocenters. The Bertz CT molecular complexity index is 128. The van der Waals surface area contributed by atoms with Crippen LogP contribution >= 0.6 is 11.8 Å². The first-order valence-electron chi connectivity index (χ1n) is 4.98. The molecule has 0 amide bonds. The second-order valence-corrected chi connectivity index (χ2v) is 4.93. The summed E-state index contributed by atoms with van der Waals surface area (Å²) in [5.41, 5.74) is 0. The van der Waals surface area contributed by atoms with E-state index in [-0.39, 0.29) is 0 Å². The quantitative estimate of drug-likeness (QED) is 0.686. The number of nitrogens with one attached hydrogen (secondary N) is 1. The molecule has 0 aromatic carbocycles. The van der Waals surface area contributed by atoms with Crippen molar-refractivity contribution in [2.75, 3.05) is 37.7 Å². The van der Waals surface area contributed by atoms with Crippen LogP contribution in [0.15, 0.2) is 0 Å². The molecule has 1 atom stereocenters. The van der Waals surface area contributed by atoms with Crippen LogP contribution in [0.3, 0.4) is 0 Å². The number of hydrogen-bond donors (Lipinski definition) is 1. The average molecular weight is 186 g/mol. The van der Waals surface area contributed by atoms with Gasteiger partial charge in [-0.1, -0.05) is 0 Å². The Hall–Kier alpha value is 0.270. The summed E-state index contributed by atoms with van der Waals surface area (Å²) >= 11 is 2.11. The maximum Gasteiger partial charge on any atom is 0.0207 e. The minimum Gasteiger partial charge on any atom is -0.313 e. The SMILES string of the molecule is C1CSCCN(CC2CCN2)C1. The summed E-state index contributed by atoms with van der Waals surface area (Å²) in [5, 5.41) is 3.46. The van der Waals surface area contributed by atoms with E-state index in [4.69, 9.17) is 0 Å². The van der Waals surface area contributed by atoms with Gasteiger partial charge in [-0.25, -0.2) is 0 Å². The Balaban J connectivity index is 1.69. The molecule has 12 heavy (non-hydrogen) atoms. The topological polar surface area (TPSA) is 15.3 Å². The van der Waals surface area contributed by atoms with Gasteiger partial charge in [0.25, 0.3) is 0 Å². The summed E-state index contributed by atoms with van der Waals surface area (Å²) in [5.74, 6) is 2.71. The van der Waals surface area contributed by atoms with Crippen LogP contribution in [0, 0.1) is 0 Å². The van der Waals surface area contributed by atoms with Crippen molar-refractivity contribution < 1.29 is 0 Å². The molecule has 2 rings (SSSR count). The highest BCUT2D eigenvalue weighted by molar-refractivity contribution is 7.99. The van der Waals surface area contributed by atoms with Gasteiger partial charge >= 0.3 is 0 Å². The molecule has 2 aliphatic heterocycles. The highest BCUT2D eigenvalue weighted by Crippen LogP contribution is 2.12. The molecule has 0 spiro atoms. The van der Waals surface area contributed by atoms with Crippen LogP contribution in [0.4, 0.5) is 0 Å². The van der Waals surface area contributed by atoms with Crippen LogP contribution in [0.25, 0.3) is 0 Å². The van der Waals surface area contributed by atoms with E-state index >= 15 is 0 Å². The van der Waals surface area contributed by atoms with Crippen molar-refractivity contribution in [3.05, 3.63) is 0 Å². The molecule has 2 fully saturated rings. The van der Waals surface area contributed by atoms with Gasteiger partial charge < -0.3 is 10.2 Å². The molecule has 0 aromatic heterocycles. The number of hydrogen-bond acceptors (Lipinski definition) is 3. The second-order valence-electron chi connectivity index (χ2n) is 3.71. The van der Waals surface area contributed by atoms with E-state index in [0.717, 1.165) is 6.04 Å². The van der Waals surface area contributed by atoms with Crippen molar-refractivity contribution in [2.24, 2.45) is 0 Å². The minimum absolute atomic E-state index is 0.813. The highest BCUT2D eigenvalue weighted by atomic mass is 32.2. The summed E-state index contributed by atoms with van der Waals surface area (Å²) in [7, 11) is 0. The number of rotatable bonds is 2. The van der Waals surface area contributed by atoms with Crippen LogP contribution in [0.1, 0.15) is 12.8 Å². The van der Waals surface area contributed by atoms with Gasteiger partial charge in [0.1, 0.15) is 0 Å². The summed E-state index contributed by atoms with van der Waals surface area (Å²) < 4.78 is 0. The molecule has 2 aliphatic rings. The van der Waals surface area contributed by atoms with Gasteiger partial charge in [-0.2, -0.15) is 11.8 Å². The summed E-state index contributed by atoms with van der Waals surface area (Å²) in [4.78, 5) is 2.62. The minimum atomic E-state index is 0.813. The fourth-order valence-corrected chi connectivity index (χ4v) is 2.72. The maximum atomic E-state index is 3.46. The normalized spacial score (nSPS) is 32.5. The Kier molecular flexibility index (Phi) is 3.31. The Labute approximate surface area is 79.1 Å². The van der Waals surface area contributed by atoms with Crippen LogP contribution in [0.5, 0.6) is 0 Å². The lowest BCUT2D eigenvalue weighted by Crippen LogP contribution is -2.50. The molecule has 2 nitrogen and oxygen atoms in total. The van der Waals surface area contributed by atoms with Gasteiger partial charge in [-0.3, -0.25) is 0 Å². The lowest BCUT2D eigenvalue weighted by atomic mass is 10.1. The van der Waals surface area contributed by atoms with Crippen molar-refractivity contribution in [1.82, 2.24) is 10.2 Å². The van der Waals surface area contributed by atoms with Gasteiger partial charge in [0, 0.05) is 24.9 Å². The molecule has 70 valence electrons. The van der Waals surface area contributed by atoms with Gasteiger partial charge in [-0.15, -0.1) is 0 Å². The predicted octanol–water partition coefficient (Wildman–Crippen LogP) is 0.787. The predicted molar refractivity (Wildman–Crippen MR) is 54.8 cm³/mol. The summed E-state index contributed by atoms with van der Waals surface area (Å²) in [6, 6.07) is 0.813.